The van der Waals surface area contributed by atoms with Gasteiger partial charge in [-0.1, -0.05) is 87.5 Å². The van der Waals surface area contributed by atoms with E-state index in [1.807, 2.05) is 114 Å². The van der Waals surface area contributed by atoms with Crippen LogP contribution in [0.1, 0.15) is 72.8 Å². The maximum Gasteiger partial charge on any atom is 0.315 e. The summed E-state index contributed by atoms with van der Waals surface area (Å²) in [6.07, 6.45) is 1.93. The van der Waals surface area contributed by atoms with Crippen LogP contribution in [0.2, 0.25) is 0 Å². The van der Waals surface area contributed by atoms with Crippen molar-refractivity contribution in [1.29, 1.82) is 0 Å². The molecule has 1 aromatic heterocycles. The Morgan fingerprint density at radius 2 is 1.62 bits per heavy atom. The number of amides is 5. The molecule has 2 saturated carbocycles. The molecule has 3 aromatic carbocycles. The van der Waals surface area contributed by atoms with E-state index in [-0.39, 0.29) is 25.8 Å². The Morgan fingerprint density at radius 1 is 0.952 bits per heavy atom. The van der Waals surface area contributed by atoms with Crippen molar-refractivity contribution in [2.45, 2.75) is 108 Å². The molecule has 3 aliphatic rings. The van der Waals surface area contributed by atoms with Crippen LogP contribution in [0.4, 0.5) is 4.79 Å². The molecule has 3 fully saturated rings. The Labute approximate surface area is 369 Å². The van der Waals surface area contributed by atoms with Gasteiger partial charge in [0.2, 0.25) is 21.8 Å². The molecule has 0 bridgehead atoms. The SMILES string of the molecule is C=CC1CC1(NC(=O)C1CC(Oc2cc(-c3ccccc3)nc3cc(OC)ccc23)CN1C(=O)C(NC(=O)NC(C)(C)C)C(C)(C)C)C(=O)NS(=O)(=O)C1(Cc2ccccc2)CC1. The third kappa shape index (κ3) is 9.68. The van der Waals surface area contributed by atoms with Crippen LogP contribution < -0.4 is 30.1 Å². The fraction of sp³-hybridized carbons (Fsp3) is 0.438. The molecule has 4 N–H and O–H groups in total. The lowest BCUT2D eigenvalue weighted by Crippen LogP contribution is -2.61. The number of sulfonamides is 1. The van der Waals surface area contributed by atoms with Gasteiger partial charge in [0.15, 0.2) is 0 Å². The van der Waals surface area contributed by atoms with Crippen LogP contribution in [0.3, 0.4) is 0 Å². The number of aromatic nitrogens is 1. The van der Waals surface area contributed by atoms with Crippen LogP contribution in [0.25, 0.3) is 22.2 Å². The summed E-state index contributed by atoms with van der Waals surface area (Å²) in [5.74, 6) is -1.55. The number of likely N-dealkylation sites (tertiary alicyclic amines) is 1. The van der Waals surface area contributed by atoms with Crippen molar-refractivity contribution >= 4 is 44.7 Å². The first-order valence-electron chi connectivity index (χ1n) is 21.3. The van der Waals surface area contributed by atoms with Crippen LogP contribution in [0.15, 0.2) is 97.6 Å². The number of nitrogens with one attached hydrogen (secondary N) is 4. The summed E-state index contributed by atoms with van der Waals surface area (Å²) in [4.78, 5) is 63.4. The fourth-order valence-corrected chi connectivity index (χ4v) is 9.98. The van der Waals surface area contributed by atoms with Gasteiger partial charge >= 0.3 is 6.03 Å². The molecule has 1 aliphatic heterocycles. The van der Waals surface area contributed by atoms with Gasteiger partial charge in [-0.15, -0.1) is 6.58 Å². The minimum Gasteiger partial charge on any atom is -0.497 e. The van der Waals surface area contributed by atoms with Crippen LogP contribution in [-0.4, -0.2) is 89.7 Å². The Bertz CT molecular complexity index is 2520. The second-order valence-electron chi connectivity index (χ2n) is 19.2. The maximum atomic E-state index is 14.9. The molecule has 1 saturated heterocycles. The van der Waals surface area contributed by atoms with E-state index in [0.717, 1.165) is 11.1 Å². The number of rotatable bonds is 14. The molecule has 14 nitrogen and oxygen atoms in total. The standard InChI is InChI=1S/C48H58N6O8S/c1-9-32-28-48(32,43(57)53-63(59,60)47(22-23-47)27-30-16-12-10-13-17-30)51-41(55)38-25-34(29-54(38)42(56)40(45(2,3)4)50-44(58)52-46(5,6)7)62-39-26-36(31-18-14-11-15-19-31)49-37-24-33(61-8)20-21-35(37)39/h9-21,24,26,32,34,38,40H,1,22-23,25,27-29H2,2-8H3,(H,51,55)(H,53,57)(H2,50,52,58). The third-order valence-corrected chi connectivity index (χ3v) is 14.2. The highest BCUT2D eigenvalue weighted by Gasteiger charge is 2.63. The Hall–Kier alpha value is -5.96. The molecule has 5 atom stereocenters. The van der Waals surface area contributed by atoms with E-state index in [2.05, 4.69) is 27.3 Å². The fourth-order valence-electron chi connectivity index (χ4n) is 8.34. The number of pyridine rings is 1. The van der Waals surface area contributed by atoms with E-state index in [0.29, 0.717) is 40.9 Å². The Morgan fingerprint density at radius 3 is 2.21 bits per heavy atom. The van der Waals surface area contributed by atoms with Crippen molar-refractivity contribution in [2.75, 3.05) is 13.7 Å². The molecule has 63 heavy (non-hydrogen) atoms. The summed E-state index contributed by atoms with van der Waals surface area (Å²) < 4.78 is 41.2. The highest BCUT2D eigenvalue weighted by molar-refractivity contribution is 7.91. The van der Waals surface area contributed by atoms with Gasteiger partial charge in [-0.05, 0) is 69.6 Å². The first-order chi connectivity index (χ1) is 29.7. The third-order valence-electron chi connectivity index (χ3n) is 12.1. The maximum absolute atomic E-state index is 14.9. The van der Waals surface area contributed by atoms with Gasteiger partial charge in [0, 0.05) is 41.0 Å². The number of benzene rings is 3. The number of urea groups is 1. The van der Waals surface area contributed by atoms with Crippen molar-refractivity contribution in [3.8, 4) is 22.8 Å². The summed E-state index contributed by atoms with van der Waals surface area (Å²) in [5, 5.41) is 9.27. The average molecular weight is 879 g/mol. The summed E-state index contributed by atoms with van der Waals surface area (Å²) in [6.45, 7) is 14.7. The quantitative estimate of drug-likeness (QED) is 0.110. The number of methoxy groups -OCH3 is 1. The summed E-state index contributed by atoms with van der Waals surface area (Å²) in [7, 11) is -2.60. The van der Waals surface area contributed by atoms with Crippen molar-refractivity contribution in [3.63, 3.8) is 0 Å². The molecule has 2 aliphatic carbocycles. The van der Waals surface area contributed by atoms with E-state index in [4.69, 9.17) is 14.5 Å². The molecule has 15 heteroatoms. The van der Waals surface area contributed by atoms with Crippen LogP contribution in [0.5, 0.6) is 11.5 Å². The molecule has 0 radical (unpaired) electrons. The second kappa shape index (κ2) is 17.0. The molecular formula is C48H58N6O8S. The van der Waals surface area contributed by atoms with Gasteiger partial charge < -0.3 is 30.3 Å². The predicted molar refractivity (Wildman–Crippen MR) is 241 cm³/mol. The van der Waals surface area contributed by atoms with Crippen LogP contribution in [-0.2, 0) is 30.8 Å². The van der Waals surface area contributed by atoms with Crippen LogP contribution >= 0.6 is 0 Å². The predicted octanol–water partition coefficient (Wildman–Crippen LogP) is 6.05. The monoisotopic (exact) mass is 878 g/mol. The van der Waals surface area contributed by atoms with Crippen molar-refractivity contribution < 1.29 is 37.1 Å². The van der Waals surface area contributed by atoms with Crippen molar-refractivity contribution in [2.24, 2.45) is 11.3 Å². The van der Waals surface area contributed by atoms with Crippen molar-refractivity contribution in [1.82, 2.24) is 30.6 Å². The van der Waals surface area contributed by atoms with Gasteiger partial charge in [-0.2, -0.15) is 0 Å². The Balaban J connectivity index is 1.20. The normalized spacial score (nSPS) is 22.0. The van der Waals surface area contributed by atoms with Crippen molar-refractivity contribution in [3.05, 3.63) is 103 Å². The highest BCUT2D eigenvalue weighted by atomic mass is 32.2. The van der Waals surface area contributed by atoms with Gasteiger partial charge in [-0.3, -0.25) is 19.1 Å². The summed E-state index contributed by atoms with van der Waals surface area (Å²) >= 11 is 0. The minimum absolute atomic E-state index is 0.0121. The van der Waals surface area contributed by atoms with E-state index in [1.54, 1.807) is 19.2 Å². The molecule has 2 heterocycles. The molecule has 5 unspecified atom stereocenters. The molecule has 0 spiro atoms. The summed E-state index contributed by atoms with van der Waals surface area (Å²) in [5.41, 5.74) is -0.107. The first-order valence-corrected chi connectivity index (χ1v) is 22.8. The zero-order valence-corrected chi connectivity index (χ0v) is 37.8. The zero-order valence-electron chi connectivity index (χ0n) is 37.0. The van der Waals surface area contributed by atoms with E-state index >= 15 is 0 Å². The topological polar surface area (TPSA) is 185 Å². The number of ether oxygens (including phenoxy) is 2. The number of carbonyl (C=O) groups excluding carboxylic acids is 4. The average Bonchev–Trinajstić information content (AvgIpc) is 4.13. The lowest BCUT2D eigenvalue weighted by molar-refractivity contribution is -0.142. The molecule has 7 rings (SSSR count). The number of nitrogens with zero attached hydrogens (tertiary/aromatic N) is 2. The molecule has 4 aromatic rings. The van der Waals surface area contributed by atoms with E-state index in [1.165, 1.54) is 11.0 Å². The number of fused-ring (bicyclic) bond motifs is 1. The number of carbonyl (C=O) groups is 4. The lowest BCUT2D eigenvalue weighted by Gasteiger charge is -2.36. The van der Waals surface area contributed by atoms with Gasteiger partial charge in [0.25, 0.3) is 5.91 Å². The van der Waals surface area contributed by atoms with E-state index in [9.17, 15) is 27.6 Å². The molecular weight excluding hydrogens is 821 g/mol. The van der Waals surface area contributed by atoms with Crippen LogP contribution in [0, 0.1) is 11.3 Å². The number of hydrogen-bond acceptors (Lipinski definition) is 9. The largest absolute Gasteiger partial charge is 0.497 e. The zero-order chi connectivity index (χ0) is 45.5. The Kier molecular flexibility index (Phi) is 12.1. The van der Waals surface area contributed by atoms with Gasteiger partial charge in [0.1, 0.15) is 35.2 Å². The van der Waals surface area contributed by atoms with Gasteiger partial charge in [0.05, 0.1) is 29.6 Å². The van der Waals surface area contributed by atoms with Gasteiger partial charge in [-0.25, -0.2) is 18.2 Å². The summed E-state index contributed by atoms with van der Waals surface area (Å²) in [6, 6.07) is 23.3. The van der Waals surface area contributed by atoms with E-state index < -0.39 is 79.1 Å². The highest BCUT2D eigenvalue weighted by Crippen LogP contribution is 2.49. The minimum atomic E-state index is -4.17. The second-order valence-corrected chi connectivity index (χ2v) is 21.2. The first kappa shape index (κ1) is 45.1. The number of hydrogen-bond donors (Lipinski definition) is 4. The smallest absolute Gasteiger partial charge is 0.315 e. The molecule has 5 amide bonds. The molecule has 334 valence electrons. The lowest BCUT2D eigenvalue weighted by atomic mass is 9.85.